The maximum absolute atomic E-state index is 12.7. The molecule has 1 unspecified atom stereocenters. The molecule has 0 aliphatic carbocycles. The van der Waals surface area contributed by atoms with Crippen LogP contribution >= 0.6 is 0 Å². The lowest BCUT2D eigenvalue weighted by atomic mass is 10.2. The third-order valence-electron chi connectivity index (χ3n) is 3.46. The molecule has 16 heteroatoms. The Morgan fingerprint density at radius 1 is 0.828 bits per heavy atom. The first-order chi connectivity index (χ1) is 12.7. The van der Waals surface area contributed by atoms with Crippen LogP contribution in [0.25, 0.3) is 0 Å². The molecular weight excluding hydrogens is 478 g/mol. The summed E-state index contributed by atoms with van der Waals surface area (Å²) < 4.78 is 147. The molecule has 0 saturated carbocycles. The van der Waals surface area contributed by atoms with E-state index in [0.717, 1.165) is 12.1 Å². The van der Waals surface area contributed by atoms with Gasteiger partial charge in [-0.3, -0.25) is 4.18 Å². The van der Waals surface area contributed by atoms with Crippen LogP contribution in [0.1, 0.15) is 18.9 Å². The van der Waals surface area contributed by atoms with Crippen molar-refractivity contribution < 1.29 is 55.8 Å². The van der Waals surface area contributed by atoms with E-state index in [1.165, 1.54) is 12.1 Å². The zero-order valence-corrected chi connectivity index (χ0v) is 17.0. The highest BCUT2D eigenvalue weighted by molar-refractivity contribution is 8.09. The summed E-state index contributed by atoms with van der Waals surface area (Å²) in [6.07, 6.45) is -4.10. The lowest BCUT2D eigenvalue weighted by Gasteiger charge is -2.23. The summed E-state index contributed by atoms with van der Waals surface area (Å²) >= 11 is 0. The molecule has 0 radical (unpaired) electrons. The fraction of sp³-hybridized carbons (Fsp3) is 0.538. The van der Waals surface area contributed by atoms with E-state index in [1.807, 2.05) is 0 Å². The van der Waals surface area contributed by atoms with Crippen LogP contribution in [0.3, 0.4) is 0 Å². The minimum absolute atomic E-state index is 0.524. The summed E-state index contributed by atoms with van der Waals surface area (Å²) in [6, 6.07) is 4.67. The molecule has 0 aromatic heterocycles. The zero-order chi connectivity index (χ0) is 23.1. The number of benzene rings is 1. The monoisotopic (exact) mass is 492 g/mol. The fourth-order valence-electron chi connectivity index (χ4n) is 2.01. The fourth-order valence-corrected chi connectivity index (χ4v) is 6.73. The first-order valence-electron chi connectivity index (χ1n) is 7.34. The topological polar surface area (TPSA) is 112 Å². The van der Waals surface area contributed by atoms with Gasteiger partial charge in [0.25, 0.3) is 29.8 Å². The van der Waals surface area contributed by atoms with E-state index in [2.05, 4.69) is 4.18 Å². The smallest absolute Gasteiger partial charge is 0.263 e. The Balaban J connectivity index is 3.32. The highest BCUT2D eigenvalue weighted by Crippen LogP contribution is 2.38. The molecule has 0 heterocycles. The van der Waals surface area contributed by atoms with Crippen LogP contribution in [0, 0.1) is 6.92 Å². The van der Waals surface area contributed by atoms with Crippen LogP contribution in [0.2, 0.25) is 0 Å². The lowest BCUT2D eigenvalue weighted by molar-refractivity contribution is -0.0475. The molecule has 0 N–H and O–H groups in total. The molecule has 0 amide bonds. The van der Waals surface area contributed by atoms with Crippen LogP contribution in [0.4, 0.5) is 26.3 Å². The first kappa shape index (κ1) is 25.6. The van der Waals surface area contributed by atoms with Gasteiger partial charge in [-0.05, 0) is 26.0 Å². The first-order valence-corrected chi connectivity index (χ1v) is 11.8. The SMILES string of the molecule is Cc1ccc(S(=O)(=O)OC(C)CC(S(=O)(=O)C(F)(F)F)S(=O)(=O)C(F)(F)F)cc1. The van der Waals surface area contributed by atoms with Gasteiger partial charge >= 0.3 is 11.0 Å². The van der Waals surface area contributed by atoms with Crippen LogP contribution < -0.4 is 0 Å². The lowest BCUT2D eigenvalue weighted by Crippen LogP contribution is -2.46. The summed E-state index contributed by atoms with van der Waals surface area (Å²) in [6.45, 7) is 2.21. The number of rotatable bonds is 7. The Hall–Kier alpha value is -1.39. The van der Waals surface area contributed by atoms with Gasteiger partial charge in [-0.1, -0.05) is 17.7 Å². The van der Waals surface area contributed by atoms with E-state index in [1.54, 1.807) is 6.92 Å². The average molecular weight is 492 g/mol. The molecule has 7 nitrogen and oxygen atoms in total. The maximum atomic E-state index is 12.7. The maximum Gasteiger partial charge on any atom is 0.498 e. The molecule has 0 aliphatic heterocycles. The molecule has 168 valence electrons. The minimum Gasteiger partial charge on any atom is -0.263 e. The molecule has 1 rings (SSSR count). The standard InChI is InChI=1S/C13H14F6O7S3/c1-8-3-5-10(6-4-8)29(24,25)26-9(2)7-11(27(20,21)12(14,15)16)28(22,23)13(17,18)19/h3-6,9,11H,7H2,1-2H3. The normalized spacial score (nSPS) is 15.5. The van der Waals surface area contributed by atoms with Crippen molar-refractivity contribution in [3.63, 3.8) is 0 Å². The Morgan fingerprint density at radius 2 is 1.21 bits per heavy atom. The highest BCUT2D eigenvalue weighted by Gasteiger charge is 2.63. The van der Waals surface area contributed by atoms with E-state index in [0.29, 0.717) is 12.5 Å². The van der Waals surface area contributed by atoms with Gasteiger partial charge in [0.15, 0.2) is 4.58 Å². The molecular formula is C13H14F6O7S3. The van der Waals surface area contributed by atoms with E-state index < -0.39 is 62.8 Å². The second-order valence-electron chi connectivity index (χ2n) is 5.82. The quantitative estimate of drug-likeness (QED) is 0.425. The van der Waals surface area contributed by atoms with Crippen molar-refractivity contribution in [1.82, 2.24) is 0 Å². The predicted molar refractivity (Wildman–Crippen MR) is 87.3 cm³/mol. The largest absolute Gasteiger partial charge is 0.498 e. The molecule has 0 saturated heterocycles. The highest BCUT2D eigenvalue weighted by atomic mass is 32.3. The Bertz CT molecular complexity index is 996. The van der Waals surface area contributed by atoms with Crippen molar-refractivity contribution in [2.24, 2.45) is 0 Å². The van der Waals surface area contributed by atoms with Crippen LogP contribution in [-0.4, -0.2) is 47.0 Å². The molecule has 1 atom stereocenters. The predicted octanol–water partition coefficient (Wildman–Crippen LogP) is 2.67. The van der Waals surface area contributed by atoms with Gasteiger partial charge in [-0.25, -0.2) is 16.8 Å². The van der Waals surface area contributed by atoms with Gasteiger partial charge in [0.05, 0.1) is 11.0 Å². The van der Waals surface area contributed by atoms with Crippen LogP contribution in [0.5, 0.6) is 0 Å². The van der Waals surface area contributed by atoms with Crippen molar-refractivity contribution in [3.8, 4) is 0 Å². The summed E-state index contributed by atoms with van der Waals surface area (Å²) in [5.41, 5.74) is -12.1. The third kappa shape index (κ3) is 5.61. The van der Waals surface area contributed by atoms with E-state index in [4.69, 9.17) is 0 Å². The van der Waals surface area contributed by atoms with E-state index in [-0.39, 0.29) is 0 Å². The van der Waals surface area contributed by atoms with E-state index >= 15 is 0 Å². The average Bonchev–Trinajstić information content (AvgIpc) is 2.50. The number of sulfone groups is 2. The van der Waals surface area contributed by atoms with Gasteiger partial charge in [0.1, 0.15) is 0 Å². The van der Waals surface area contributed by atoms with Gasteiger partial charge < -0.3 is 0 Å². The van der Waals surface area contributed by atoms with Gasteiger partial charge in [0.2, 0.25) is 0 Å². The number of alkyl halides is 6. The number of aryl methyl sites for hydroxylation is 1. The number of hydrogen-bond acceptors (Lipinski definition) is 7. The summed E-state index contributed by atoms with van der Waals surface area (Å²) in [5, 5.41) is 0. The van der Waals surface area contributed by atoms with Gasteiger partial charge in [-0.15, -0.1) is 0 Å². The second kappa shape index (κ2) is 8.03. The van der Waals surface area contributed by atoms with Gasteiger partial charge in [0, 0.05) is 6.42 Å². The molecule has 0 aliphatic rings. The van der Waals surface area contributed by atoms with E-state index in [9.17, 15) is 51.6 Å². The minimum atomic E-state index is -6.88. The second-order valence-corrected chi connectivity index (χ2v) is 11.9. The van der Waals surface area contributed by atoms with Crippen LogP contribution in [0.15, 0.2) is 29.2 Å². The van der Waals surface area contributed by atoms with Crippen molar-refractivity contribution >= 4 is 29.8 Å². The molecule has 29 heavy (non-hydrogen) atoms. The van der Waals surface area contributed by atoms with Crippen molar-refractivity contribution in [2.75, 3.05) is 0 Å². The zero-order valence-electron chi connectivity index (χ0n) is 14.5. The third-order valence-corrected chi connectivity index (χ3v) is 9.47. The number of halogens is 6. The molecule has 0 bridgehead atoms. The molecule has 0 fully saturated rings. The Kier molecular flexibility index (Phi) is 7.10. The molecule has 1 aromatic carbocycles. The summed E-state index contributed by atoms with van der Waals surface area (Å²) in [7, 11) is -18.5. The number of hydrogen-bond donors (Lipinski definition) is 0. The van der Waals surface area contributed by atoms with Crippen LogP contribution in [-0.2, 0) is 34.0 Å². The van der Waals surface area contributed by atoms with Crippen molar-refractivity contribution in [1.29, 1.82) is 0 Å². The van der Waals surface area contributed by atoms with Crippen molar-refractivity contribution in [2.45, 2.75) is 46.9 Å². The molecule has 1 aromatic rings. The summed E-state index contributed by atoms with van der Waals surface area (Å²) in [4.78, 5) is -0.524. The Labute approximate surface area is 162 Å². The van der Waals surface area contributed by atoms with Gasteiger partial charge in [-0.2, -0.15) is 34.8 Å². The summed E-state index contributed by atoms with van der Waals surface area (Å²) in [5.74, 6) is 0. The molecule has 0 spiro atoms. The van der Waals surface area contributed by atoms with Crippen molar-refractivity contribution in [3.05, 3.63) is 29.8 Å². The Morgan fingerprint density at radius 3 is 1.55 bits per heavy atom.